The van der Waals surface area contributed by atoms with Gasteiger partial charge in [0.15, 0.2) is 0 Å². The average molecular weight is 268 g/mol. The molecule has 0 aromatic rings. The van der Waals surface area contributed by atoms with Crippen LogP contribution >= 0.6 is 0 Å². The number of likely N-dealkylation sites (tertiary alicyclic amines) is 1. The predicted octanol–water partition coefficient (Wildman–Crippen LogP) is 1.23. The van der Waals surface area contributed by atoms with Crippen LogP contribution in [0.5, 0.6) is 0 Å². The number of hydrogen-bond donors (Lipinski definition) is 2. The van der Waals surface area contributed by atoms with Crippen molar-refractivity contribution in [1.29, 1.82) is 0 Å². The monoisotopic (exact) mass is 268 g/mol. The Morgan fingerprint density at radius 3 is 2.37 bits per heavy atom. The van der Waals surface area contributed by atoms with Crippen molar-refractivity contribution < 1.29 is 14.7 Å². The standard InChI is InChI=1S/C14H24N2O3/c17-13(15-12-5-3-1-2-4-6-12)10-16-8-7-11(9-16)14(18)19/h11-12H,1-10H2,(H,15,17)(H,18,19)/t11-/m0/s1. The molecule has 0 aromatic carbocycles. The number of nitrogens with zero attached hydrogens (tertiary/aromatic N) is 1. The minimum Gasteiger partial charge on any atom is -0.481 e. The normalized spacial score (nSPS) is 26.0. The number of rotatable bonds is 4. The van der Waals surface area contributed by atoms with Crippen LogP contribution in [0.25, 0.3) is 0 Å². The van der Waals surface area contributed by atoms with Crippen LogP contribution in [-0.2, 0) is 9.59 Å². The fourth-order valence-corrected chi connectivity index (χ4v) is 3.08. The van der Waals surface area contributed by atoms with Crippen LogP contribution in [0, 0.1) is 5.92 Å². The Labute approximate surface area is 114 Å². The van der Waals surface area contributed by atoms with Gasteiger partial charge in [-0.15, -0.1) is 0 Å². The molecule has 0 radical (unpaired) electrons. The summed E-state index contributed by atoms with van der Waals surface area (Å²) in [5.74, 6) is -0.990. The number of carbonyl (C=O) groups is 2. The first kappa shape index (κ1) is 14.3. The molecule has 0 aromatic heterocycles. The van der Waals surface area contributed by atoms with Crippen molar-refractivity contribution >= 4 is 11.9 Å². The van der Waals surface area contributed by atoms with E-state index >= 15 is 0 Å². The molecule has 1 amide bonds. The first-order valence-corrected chi connectivity index (χ1v) is 7.39. The van der Waals surface area contributed by atoms with E-state index in [1.165, 1.54) is 25.7 Å². The van der Waals surface area contributed by atoms with Gasteiger partial charge in [-0.3, -0.25) is 14.5 Å². The number of hydrogen-bond acceptors (Lipinski definition) is 3. The Balaban J connectivity index is 1.71. The van der Waals surface area contributed by atoms with E-state index in [2.05, 4.69) is 5.32 Å². The number of carboxylic acids is 1. The third-order valence-corrected chi connectivity index (χ3v) is 4.21. The SMILES string of the molecule is O=C(CN1CC[C@H](C(=O)O)C1)NC1CCCCCC1. The number of amides is 1. The van der Waals surface area contributed by atoms with E-state index in [1.54, 1.807) is 0 Å². The molecule has 1 atom stereocenters. The summed E-state index contributed by atoms with van der Waals surface area (Å²) in [5, 5.41) is 12.0. The molecule has 2 rings (SSSR count). The molecule has 1 saturated heterocycles. The lowest BCUT2D eigenvalue weighted by Gasteiger charge is -2.19. The Morgan fingerprint density at radius 1 is 1.11 bits per heavy atom. The van der Waals surface area contributed by atoms with Crippen LogP contribution in [0.3, 0.4) is 0 Å². The summed E-state index contributed by atoms with van der Waals surface area (Å²) in [6, 6.07) is 0.327. The molecule has 0 unspecified atom stereocenters. The summed E-state index contributed by atoms with van der Waals surface area (Å²) < 4.78 is 0. The minimum absolute atomic E-state index is 0.0536. The van der Waals surface area contributed by atoms with Gasteiger partial charge in [-0.25, -0.2) is 0 Å². The van der Waals surface area contributed by atoms with E-state index in [0.717, 1.165) is 19.4 Å². The number of carbonyl (C=O) groups excluding carboxylic acids is 1. The van der Waals surface area contributed by atoms with Crippen LogP contribution < -0.4 is 5.32 Å². The summed E-state index contributed by atoms with van der Waals surface area (Å²) in [6.45, 7) is 1.57. The molecule has 0 bridgehead atoms. The van der Waals surface area contributed by atoms with E-state index in [0.29, 0.717) is 25.6 Å². The lowest BCUT2D eigenvalue weighted by atomic mass is 10.1. The van der Waals surface area contributed by atoms with Crippen molar-refractivity contribution in [3.05, 3.63) is 0 Å². The van der Waals surface area contributed by atoms with Crippen LogP contribution in [0.15, 0.2) is 0 Å². The molecule has 1 aliphatic carbocycles. The highest BCUT2D eigenvalue weighted by Gasteiger charge is 2.29. The predicted molar refractivity (Wildman–Crippen MR) is 71.8 cm³/mol. The highest BCUT2D eigenvalue weighted by Crippen LogP contribution is 2.18. The summed E-state index contributed by atoms with van der Waals surface area (Å²) in [6.07, 6.45) is 7.79. The first-order valence-electron chi connectivity index (χ1n) is 7.39. The Bertz CT molecular complexity index is 325. The smallest absolute Gasteiger partial charge is 0.307 e. The number of aliphatic carboxylic acids is 1. The van der Waals surface area contributed by atoms with Gasteiger partial charge in [0.1, 0.15) is 0 Å². The zero-order chi connectivity index (χ0) is 13.7. The first-order chi connectivity index (χ1) is 9.15. The van der Waals surface area contributed by atoms with E-state index in [-0.39, 0.29) is 11.8 Å². The third-order valence-electron chi connectivity index (χ3n) is 4.21. The number of nitrogens with one attached hydrogen (secondary N) is 1. The van der Waals surface area contributed by atoms with Crippen LogP contribution in [0.2, 0.25) is 0 Å². The molecule has 5 heteroatoms. The minimum atomic E-state index is -0.744. The molecule has 0 spiro atoms. The highest BCUT2D eigenvalue weighted by molar-refractivity contribution is 5.78. The van der Waals surface area contributed by atoms with Gasteiger partial charge in [0.05, 0.1) is 12.5 Å². The summed E-state index contributed by atoms with van der Waals surface area (Å²) in [4.78, 5) is 24.8. The molecule has 19 heavy (non-hydrogen) atoms. The van der Waals surface area contributed by atoms with Gasteiger partial charge < -0.3 is 10.4 Å². The Hall–Kier alpha value is -1.10. The maximum absolute atomic E-state index is 12.0. The second kappa shape index (κ2) is 6.89. The highest BCUT2D eigenvalue weighted by atomic mass is 16.4. The zero-order valence-corrected chi connectivity index (χ0v) is 11.4. The largest absolute Gasteiger partial charge is 0.481 e. The molecule has 2 aliphatic rings. The molecule has 5 nitrogen and oxygen atoms in total. The van der Waals surface area contributed by atoms with Crippen LogP contribution in [0.4, 0.5) is 0 Å². The van der Waals surface area contributed by atoms with Gasteiger partial charge in [0.2, 0.25) is 5.91 Å². The second-order valence-corrected chi connectivity index (χ2v) is 5.81. The summed E-state index contributed by atoms with van der Waals surface area (Å²) >= 11 is 0. The van der Waals surface area contributed by atoms with Gasteiger partial charge in [0.25, 0.3) is 0 Å². The van der Waals surface area contributed by atoms with Crippen LogP contribution in [-0.4, -0.2) is 47.6 Å². The molecule has 1 aliphatic heterocycles. The van der Waals surface area contributed by atoms with Crippen molar-refractivity contribution in [3.63, 3.8) is 0 Å². The van der Waals surface area contributed by atoms with Crippen molar-refractivity contribution in [3.8, 4) is 0 Å². The van der Waals surface area contributed by atoms with Crippen molar-refractivity contribution in [2.75, 3.05) is 19.6 Å². The number of carboxylic acid groups (broad SMARTS) is 1. The molecule has 2 N–H and O–H groups in total. The van der Waals surface area contributed by atoms with Crippen molar-refractivity contribution in [2.24, 2.45) is 5.92 Å². The second-order valence-electron chi connectivity index (χ2n) is 5.81. The fraction of sp³-hybridized carbons (Fsp3) is 0.857. The van der Waals surface area contributed by atoms with Gasteiger partial charge in [-0.1, -0.05) is 25.7 Å². The van der Waals surface area contributed by atoms with Gasteiger partial charge in [-0.05, 0) is 25.8 Å². The van der Waals surface area contributed by atoms with E-state index in [4.69, 9.17) is 5.11 Å². The molecule has 1 heterocycles. The summed E-state index contributed by atoms with van der Waals surface area (Å²) in [7, 11) is 0. The van der Waals surface area contributed by atoms with Crippen molar-refractivity contribution in [2.45, 2.75) is 51.0 Å². The van der Waals surface area contributed by atoms with Gasteiger partial charge in [-0.2, -0.15) is 0 Å². The van der Waals surface area contributed by atoms with Crippen LogP contribution in [0.1, 0.15) is 44.9 Å². The lowest BCUT2D eigenvalue weighted by molar-refractivity contribution is -0.141. The quantitative estimate of drug-likeness (QED) is 0.752. The average Bonchev–Trinajstić information content (AvgIpc) is 2.67. The molecule has 2 fully saturated rings. The fourth-order valence-electron chi connectivity index (χ4n) is 3.08. The topological polar surface area (TPSA) is 69.6 Å². The van der Waals surface area contributed by atoms with Gasteiger partial charge >= 0.3 is 5.97 Å². The maximum Gasteiger partial charge on any atom is 0.307 e. The van der Waals surface area contributed by atoms with Gasteiger partial charge in [0, 0.05) is 12.6 Å². The molecular formula is C14H24N2O3. The molecule has 1 saturated carbocycles. The summed E-state index contributed by atoms with van der Waals surface area (Å²) in [5.41, 5.74) is 0. The Kier molecular flexibility index (Phi) is 5.19. The molecular weight excluding hydrogens is 244 g/mol. The zero-order valence-electron chi connectivity index (χ0n) is 11.4. The lowest BCUT2D eigenvalue weighted by Crippen LogP contribution is -2.41. The maximum atomic E-state index is 12.0. The molecule has 108 valence electrons. The van der Waals surface area contributed by atoms with Crippen molar-refractivity contribution in [1.82, 2.24) is 10.2 Å². The Morgan fingerprint density at radius 2 is 1.79 bits per heavy atom. The van der Waals surface area contributed by atoms with E-state index in [9.17, 15) is 9.59 Å². The van der Waals surface area contributed by atoms with E-state index in [1.807, 2.05) is 4.90 Å². The third kappa shape index (κ3) is 4.49. The van der Waals surface area contributed by atoms with E-state index < -0.39 is 5.97 Å².